The van der Waals surface area contributed by atoms with Crippen molar-refractivity contribution in [3.8, 4) is 5.75 Å². The highest BCUT2D eigenvalue weighted by Gasteiger charge is 2.27. The van der Waals surface area contributed by atoms with E-state index in [0.29, 0.717) is 13.0 Å². The first-order chi connectivity index (χ1) is 9.79. The number of halogens is 1. The molecule has 0 spiro atoms. The number of benzene rings is 1. The topological polar surface area (TPSA) is 40.4 Å². The molecular weight excluding hydrogens is 286 g/mol. The van der Waals surface area contributed by atoms with E-state index in [1.165, 1.54) is 0 Å². The van der Waals surface area contributed by atoms with E-state index in [9.17, 15) is 4.79 Å². The van der Waals surface area contributed by atoms with Crippen molar-refractivity contribution in [2.45, 2.75) is 13.3 Å². The van der Waals surface area contributed by atoms with E-state index in [-0.39, 0.29) is 18.2 Å². The number of fused-ring (bicyclic) bond motifs is 1. The standard InChI is InChI=1S/C17H15NO2.ClH/c1-2-20-16-5-3-4-14-15(16)11-13(17(14)19)10-12-6-8-18-9-7-12;/h3-10H,2,11H2,1H3;1H. The molecule has 0 aliphatic heterocycles. The summed E-state index contributed by atoms with van der Waals surface area (Å²) in [6.45, 7) is 2.56. The summed E-state index contributed by atoms with van der Waals surface area (Å²) in [7, 11) is 0. The van der Waals surface area contributed by atoms with Gasteiger partial charge in [0.2, 0.25) is 0 Å². The van der Waals surface area contributed by atoms with Crippen LogP contribution in [0.25, 0.3) is 6.08 Å². The average molecular weight is 302 g/mol. The molecule has 1 aromatic heterocycles. The number of aromatic nitrogens is 1. The van der Waals surface area contributed by atoms with E-state index in [4.69, 9.17) is 4.74 Å². The number of hydrogen-bond acceptors (Lipinski definition) is 2. The first-order valence-electron chi connectivity index (χ1n) is 6.75. The molecule has 0 bridgehead atoms. The molecule has 1 aliphatic carbocycles. The van der Waals surface area contributed by atoms with Crippen molar-refractivity contribution in [1.29, 1.82) is 0 Å². The molecule has 1 aromatic carbocycles. The quantitative estimate of drug-likeness (QED) is 0.732. The molecule has 0 saturated heterocycles. The Morgan fingerprint density at radius 2 is 2.00 bits per heavy atom. The Labute approximate surface area is 130 Å². The van der Waals surface area contributed by atoms with Gasteiger partial charge in [0.15, 0.2) is 18.2 Å². The molecule has 21 heavy (non-hydrogen) atoms. The number of ketones is 1. The maximum Gasteiger partial charge on any atom is 0.189 e. The minimum Gasteiger partial charge on any atom is -1.00 e. The fourth-order valence-corrected chi connectivity index (χ4v) is 2.51. The van der Waals surface area contributed by atoms with Crippen LogP contribution >= 0.6 is 0 Å². The number of rotatable bonds is 3. The number of carbonyl (C=O) groups excluding carboxylic acids is 1. The number of ether oxygens (including phenoxy) is 1. The maximum absolute atomic E-state index is 12.4. The fourth-order valence-electron chi connectivity index (χ4n) is 2.51. The van der Waals surface area contributed by atoms with E-state index in [1.807, 2.05) is 55.7 Å². The smallest absolute Gasteiger partial charge is 0.189 e. The number of aromatic amines is 1. The van der Waals surface area contributed by atoms with Crippen molar-refractivity contribution in [2.24, 2.45) is 0 Å². The van der Waals surface area contributed by atoms with Crippen molar-refractivity contribution < 1.29 is 26.9 Å². The zero-order valence-corrected chi connectivity index (χ0v) is 12.5. The monoisotopic (exact) mass is 301 g/mol. The molecule has 0 saturated carbocycles. The zero-order chi connectivity index (χ0) is 13.9. The second kappa shape index (κ2) is 6.55. The van der Waals surface area contributed by atoms with Gasteiger partial charge in [-0.3, -0.25) is 4.79 Å². The molecule has 0 amide bonds. The van der Waals surface area contributed by atoms with E-state index in [1.54, 1.807) is 0 Å². The van der Waals surface area contributed by atoms with Crippen LogP contribution in [0, 0.1) is 0 Å². The number of allylic oxidation sites excluding steroid dienone is 1. The number of pyridine rings is 1. The molecule has 0 radical (unpaired) electrons. The number of Topliss-reactive ketones (excluding diaryl/α,β-unsaturated/α-hetero) is 1. The van der Waals surface area contributed by atoms with Gasteiger partial charge in [-0.15, -0.1) is 0 Å². The predicted molar refractivity (Wildman–Crippen MR) is 76.6 cm³/mol. The number of hydrogen-bond donors (Lipinski definition) is 0. The second-order valence-corrected chi connectivity index (χ2v) is 4.72. The van der Waals surface area contributed by atoms with Crippen LogP contribution in [0.5, 0.6) is 5.75 Å². The first-order valence-corrected chi connectivity index (χ1v) is 6.75. The molecular formula is C17H16ClNO2. The Morgan fingerprint density at radius 3 is 2.71 bits per heavy atom. The van der Waals surface area contributed by atoms with Crippen LogP contribution < -0.4 is 22.1 Å². The van der Waals surface area contributed by atoms with Crippen LogP contribution in [0.15, 0.2) is 48.3 Å². The highest BCUT2D eigenvalue weighted by Crippen LogP contribution is 2.34. The molecule has 0 unspecified atom stereocenters. The summed E-state index contributed by atoms with van der Waals surface area (Å²) >= 11 is 0. The summed E-state index contributed by atoms with van der Waals surface area (Å²) in [5.41, 5.74) is 3.62. The van der Waals surface area contributed by atoms with Gasteiger partial charge in [0.05, 0.1) is 6.61 Å². The molecule has 4 heteroatoms. The van der Waals surface area contributed by atoms with Crippen LogP contribution in [0.4, 0.5) is 0 Å². The predicted octanol–water partition coefficient (Wildman–Crippen LogP) is -0.274. The first kappa shape index (κ1) is 15.3. The SMILES string of the molecule is CCOc1cccc2c1CC(=Cc1cc[nH+]cc1)C2=O.[Cl-]. The highest BCUT2D eigenvalue weighted by atomic mass is 35.5. The lowest BCUT2D eigenvalue weighted by Gasteiger charge is -2.07. The maximum atomic E-state index is 12.4. The summed E-state index contributed by atoms with van der Waals surface area (Å²) in [4.78, 5) is 15.4. The van der Waals surface area contributed by atoms with Gasteiger partial charge in [-0.05, 0) is 24.6 Å². The van der Waals surface area contributed by atoms with Crippen molar-refractivity contribution in [1.82, 2.24) is 0 Å². The molecule has 1 heterocycles. The summed E-state index contributed by atoms with van der Waals surface area (Å²) in [6.07, 6.45) is 6.30. The fraction of sp³-hybridized carbons (Fsp3) is 0.176. The van der Waals surface area contributed by atoms with Crippen LogP contribution in [0.3, 0.4) is 0 Å². The van der Waals surface area contributed by atoms with E-state index in [0.717, 1.165) is 28.0 Å². The van der Waals surface area contributed by atoms with Crippen molar-refractivity contribution in [3.05, 3.63) is 65.0 Å². The summed E-state index contributed by atoms with van der Waals surface area (Å²) in [5.74, 6) is 0.928. The largest absolute Gasteiger partial charge is 1.00 e. The average Bonchev–Trinajstić information content (AvgIpc) is 2.79. The molecule has 3 rings (SSSR count). The van der Waals surface area contributed by atoms with Crippen molar-refractivity contribution in [3.63, 3.8) is 0 Å². The molecule has 0 fully saturated rings. The normalized spacial score (nSPS) is 14.7. The van der Waals surface area contributed by atoms with Gasteiger partial charge in [-0.1, -0.05) is 12.1 Å². The van der Waals surface area contributed by atoms with Gasteiger partial charge < -0.3 is 17.1 Å². The lowest BCUT2D eigenvalue weighted by atomic mass is 10.1. The van der Waals surface area contributed by atoms with Crippen molar-refractivity contribution in [2.75, 3.05) is 6.61 Å². The summed E-state index contributed by atoms with van der Waals surface area (Å²) in [5, 5.41) is 0. The third-order valence-electron chi connectivity index (χ3n) is 3.42. The molecule has 108 valence electrons. The highest BCUT2D eigenvalue weighted by molar-refractivity contribution is 6.16. The summed E-state index contributed by atoms with van der Waals surface area (Å²) in [6, 6.07) is 9.58. The third-order valence-corrected chi connectivity index (χ3v) is 3.42. The number of H-pyrrole nitrogens is 1. The van der Waals surface area contributed by atoms with Gasteiger partial charge >= 0.3 is 0 Å². The lowest BCUT2D eigenvalue weighted by Crippen LogP contribution is -3.00. The minimum atomic E-state index is 0. The Balaban J connectivity index is 0.00000161. The Hall–Kier alpha value is -2.13. The third kappa shape index (κ3) is 2.98. The van der Waals surface area contributed by atoms with Gasteiger partial charge in [0.1, 0.15) is 5.75 Å². The van der Waals surface area contributed by atoms with Gasteiger partial charge in [0, 0.05) is 35.3 Å². The van der Waals surface area contributed by atoms with E-state index < -0.39 is 0 Å². The van der Waals surface area contributed by atoms with Gasteiger partial charge in [-0.2, -0.15) is 0 Å². The van der Waals surface area contributed by atoms with Crippen LogP contribution in [-0.4, -0.2) is 12.4 Å². The van der Waals surface area contributed by atoms with E-state index >= 15 is 0 Å². The molecule has 3 nitrogen and oxygen atoms in total. The minimum absolute atomic E-state index is 0. The number of nitrogens with one attached hydrogen (secondary N) is 1. The molecule has 1 N–H and O–H groups in total. The zero-order valence-electron chi connectivity index (χ0n) is 11.7. The van der Waals surface area contributed by atoms with Crippen LogP contribution in [0.2, 0.25) is 0 Å². The van der Waals surface area contributed by atoms with Crippen molar-refractivity contribution >= 4 is 11.9 Å². The summed E-state index contributed by atoms with van der Waals surface area (Å²) < 4.78 is 5.61. The molecule has 0 atom stereocenters. The number of carbonyl (C=O) groups is 1. The van der Waals surface area contributed by atoms with Gasteiger partial charge in [-0.25, -0.2) is 4.98 Å². The van der Waals surface area contributed by atoms with Crippen LogP contribution in [0.1, 0.15) is 28.4 Å². The van der Waals surface area contributed by atoms with Crippen LogP contribution in [-0.2, 0) is 6.42 Å². The Kier molecular flexibility index (Phi) is 4.76. The van der Waals surface area contributed by atoms with Gasteiger partial charge in [0.25, 0.3) is 0 Å². The Morgan fingerprint density at radius 1 is 1.24 bits per heavy atom. The van der Waals surface area contributed by atoms with E-state index in [2.05, 4.69) is 4.98 Å². The molecule has 1 aliphatic rings. The molecule has 2 aromatic rings. The Bertz CT molecular complexity index is 680. The lowest BCUT2D eigenvalue weighted by molar-refractivity contribution is -0.378. The second-order valence-electron chi connectivity index (χ2n) is 4.72.